The van der Waals surface area contributed by atoms with Gasteiger partial charge in [-0.25, -0.2) is 0 Å². The average molecular weight is 364 g/mol. The number of hydrogen-bond donors (Lipinski definition) is 0. The van der Waals surface area contributed by atoms with E-state index in [1.54, 1.807) is 26.0 Å². The van der Waals surface area contributed by atoms with Gasteiger partial charge in [0.05, 0.1) is 14.2 Å². The highest BCUT2D eigenvalue weighted by Gasteiger charge is 2.24. The Labute approximate surface area is 157 Å². The maximum atomic E-state index is 12.1. The van der Waals surface area contributed by atoms with E-state index in [9.17, 15) is 4.79 Å². The molecule has 0 saturated heterocycles. The lowest BCUT2D eigenvalue weighted by Gasteiger charge is -2.23. The van der Waals surface area contributed by atoms with E-state index in [2.05, 4.69) is 24.3 Å². The van der Waals surface area contributed by atoms with Gasteiger partial charge in [-0.05, 0) is 28.8 Å². The normalized spacial score (nSPS) is 15.5. The van der Waals surface area contributed by atoms with Crippen LogP contribution in [-0.2, 0) is 17.6 Å². The zero-order valence-electron chi connectivity index (χ0n) is 14.9. The number of carbonyl (C=O) groups is 1. The number of thioether (sulfide) groups is 1. The zero-order chi connectivity index (χ0) is 18.1. The molecule has 0 bridgehead atoms. The second-order valence-electron chi connectivity index (χ2n) is 6.45. The standard InChI is InChI=1S/C22H20O3S/c1-24-17-9-8-15(20(13-17)25-2)10-14-6-7-16-12-18-19(23)4-3-5-21(18)26-22(16)11-14/h3,5-9,11,13H,4,10,12H2,1-2H3. The fourth-order valence-corrected chi connectivity index (χ4v) is 4.58. The van der Waals surface area contributed by atoms with Gasteiger partial charge in [0.25, 0.3) is 0 Å². The third-order valence-corrected chi connectivity index (χ3v) is 6.02. The van der Waals surface area contributed by atoms with Crippen molar-refractivity contribution < 1.29 is 14.3 Å². The average Bonchev–Trinajstić information content (AvgIpc) is 2.67. The summed E-state index contributed by atoms with van der Waals surface area (Å²) in [4.78, 5) is 14.5. The van der Waals surface area contributed by atoms with E-state index < -0.39 is 0 Å². The van der Waals surface area contributed by atoms with E-state index in [0.29, 0.717) is 6.42 Å². The van der Waals surface area contributed by atoms with E-state index >= 15 is 0 Å². The van der Waals surface area contributed by atoms with Gasteiger partial charge in [-0.15, -0.1) is 0 Å². The molecule has 1 aliphatic carbocycles. The van der Waals surface area contributed by atoms with Crippen LogP contribution in [0.1, 0.15) is 23.1 Å². The molecule has 2 aliphatic rings. The summed E-state index contributed by atoms with van der Waals surface area (Å²) in [6.07, 6.45) is 6.12. The smallest absolute Gasteiger partial charge is 0.164 e. The molecular weight excluding hydrogens is 344 g/mol. The number of ketones is 1. The van der Waals surface area contributed by atoms with Crippen molar-refractivity contribution in [3.8, 4) is 11.5 Å². The summed E-state index contributed by atoms with van der Waals surface area (Å²) in [7, 11) is 3.34. The lowest BCUT2D eigenvalue weighted by atomic mass is 9.94. The van der Waals surface area contributed by atoms with Crippen molar-refractivity contribution in [1.82, 2.24) is 0 Å². The summed E-state index contributed by atoms with van der Waals surface area (Å²) in [5, 5.41) is 0. The summed E-state index contributed by atoms with van der Waals surface area (Å²) >= 11 is 1.71. The Hall–Kier alpha value is -2.46. The first-order chi connectivity index (χ1) is 12.7. The number of Topliss-reactive ketones (excluding diaryl/α,β-unsaturated/α-hetero) is 1. The summed E-state index contributed by atoms with van der Waals surface area (Å²) in [5.41, 5.74) is 4.56. The Kier molecular flexibility index (Phi) is 4.60. The van der Waals surface area contributed by atoms with Gasteiger partial charge in [0.15, 0.2) is 5.78 Å². The molecule has 4 heteroatoms. The molecule has 0 amide bonds. The molecule has 1 heterocycles. The van der Waals surface area contributed by atoms with Gasteiger partial charge in [-0.3, -0.25) is 4.79 Å². The number of rotatable bonds is 4. The van der Waals surface area contributed by atoms with Crippen LogP contribution in [0.5, 0.6) is 11.5 Å². The van der Waals surface area contributed by atoms with E-state index in [1.807, 2.05) is 24.3 Å². The Morgan fingerprint density at radius 2 is 1.96 bits per heavy atom. The molecule has 0 radical (unpaired) electrons. The van der Waals surface area contributed by atoms with Crippen molar-refractivity contribution in [2.75, 3.05) is 14.2 Å². The van der Waals surface area contributed by atoms with Crippen LogP contribution in [0.15, 0.2) is 63.9 Å². The maximum Gasteiger partial charge on any atom is 0.164 e. The van der Waals surface area contributed by atoms with Crippen LogP contribution >= 0.6 is 11.8 Å². The first-order valence-electron chi connectivity index (χ1n) is 8.61. The molecule has 2 aromatic rings. The van der Waals surface area contributed by atoms with Gasteiger partial charge >= 0.3 is 0 Å². The van der Waals surface area contributed by atoms with Crippen LogP contribution in [0.4, 0.5) is 0 Å². The Morgan fingerprint density at radius 3 is 2.77 bits per heavy atom. The van der Waals surface area contributed by atoms with Gasteiger partial charge in [0, 0.05) is 40.7 Å². The Morgan fingerprint density at radius 1 is 1.08 bits per heavy atom. The number of hydrogen-bond acceptors (Lipinski definition) is 4. The van der Waals surface area contributed by atoms with Gasteiger partial charge in [0.2, 0.25) is 0 Å². The molecule has 0 spiro atoms. The first kappa shape index (κ1) is 17.0. The predicted octanol–water partition coefficient (Wildman–Crippen LogP) is 4.73. The molecule has 4 rings (SSSR count). The van der Waals surface area contributed by atoms with E-state index in [1.165, 1.54) is 16.0 Å². The van der Waals surface area contributed by atoms with Crippen molar-refractivity contribution in [3.63, 3.8) is 0 Å². The van der Waals surface area contributed by atoms with Crippen LogP contribution < -0.4 is 9.47 Å². The fourth-order valence-electron chi connectivity index (χ4n) is 3.39. The SMILES string of the molecule is COc1ccc(Cc2ccc3c(c2)SC2=C(C3)C(=O)CC=C2)c(OC)c1. The minimum Gasteiger partial charge on any atom is -0.497 e. The van der Waals surface area contributed by atoms with Gasteiger partial charge in [-0.1, -0.05) is 42.1 Å². The Bertz CT molecular complexity index is 940. The number of fused-ring (bicyclic) bond motifs is 1. The predicted molar refractivity (Wildman–Crippen MR) is 104 cm³/mol. The maximum absolute atomic E-state index is 12.1. The summed E-state index contributed by atoms with van der Waals surface area (Å²) < 4.78 is 10.8. The molecule has 0 atom stereocenters. The third-order valence-electron chi connectivity index (χ3n) is 4.81. The lowest BCUT2D eigenvalue weighted by molar-refractivity contribution is -0.115. The molecule has 0 fully saturated rings. The molecule has 3 nitrogen and oxygen atoms in total. The molecule has 26 heavy (non-hydrogen) atoms. The van der Waals surface area contributed by atoms with Crippen molar-refractivity contribution in [3.05, 3.63) is 75.7 Å². The molecule has 1 aliphatic heterocycles. The summed E-state index contributed by atoms with van der Waals surface area (Å²) in [6, 6.07) is 12.5. The van der Waals surface area contributed by atoms with Crippen LogP contribution in [0, 0.1) is 0 Å². The van der Waals surface area contributed by atoms with E-state index in [4.69, 9.17) is 9.47 Å². The number of allylic oxidation sites excluding steroid dienone is 3. The first-order valence-corrected chi connectivity index (χ1v) is 9.43. The second-order valence-corrected chi connectivity index (χ2v) is 7.53. The fraction of sp³-hybridized carbons (Fsp3) is 0.227. The monoisotopic (exact) mass is 364 g/mol. The quantitative estimate of drug-likeness (QED) is 0.786. The van der Waals surface area contributed by atoms with E-state index in [-0.39, 0.29) is 5.78 Å². The number of methoxy groups -OCH3 is 2. The highest BCUT2D eigenvalue weighted by Crippen LogP contribution is 2.42. The van der Waals surface area contributed by atoms with Crippen LogP contribution in [-0.4, -0.2) is 20.0 Å². The summed E-state index contributed by atoms with van der Waals surface area (Å²) in [6.45, 7) is 0. The van der Waals surface area contributed by atoms with Gasteiger partial charge in [0.1, 0.15) is 11.5 Å². The third kappa shape index (κ3) is 3.17. The molecule has 0 N–H and O–H groups in total. The van der Waals surface area contributed by atoms with Crippen molar-refractivity contribution in [1.29, 1.82) is 0 Å². The highest BCUT2D eigenvalue weighted by atomic mass is 32.2. The van der Waals surface area contributed by atoms with Crippen LogP contribution in [0.2, 0.25) is 0 Å². The molecule has 132 valence electrons. The second kappa shape index (κ2) is 7.04. The number of carbonyl (C=O) groups excluding carboxylic acids is 1. The van der Waals surface area contributed by atoms with Crippen molar-refractivity contribution >= 4 is 17.5 Å². The minimum absolute atomic E-state index is 0.257. The van der Waals surface area contributed by atoms with E-state index in [0.717, 1.165) is 40.4 Å². The largest absolute Gasteiger partial charge is 0.497 e. The topological polar surface area (TPSA) is 35.5 Å². The highest BCUT2D eigenvalue weighted by molar-refractivity contribution is 8.03. The Balaban J connectivity index is 1.61. The minimum atomic E-state index is 0.257. The van der Waals surface area contributed by atoms with Crippen molar-refractivity contribution in [2.45, 2.75) is 24.2 Å². The lowest BCUT2D eigenvalue weighted by Crippen LogP contribution is -2.13. The molecule has 0 aromatic heterocycles. The van der Waals surface area contributed by atoms with Crippen molar-refractivity contribution in [2.24, 2.45) is 0 Å². The zero-order valence-corrected chi connectivity index (χ0v) is 15.7. The number of benzene rings is 2. The van der Waals surface area contributed by atoms with Gasteiger partial charge < -0.3 is 9.47 Å². The summed E-state index contributed by atoms with van der Waals surface area (Å²) in [5.74, 6) is 1.88. The molecule has 0 unspecified atom stereocenters. The number of ether oxygens (including phenoxy) is 2. The molecule has 0 saturated carbocycles. The van der Waals surface area contributed by atoms with Crippen LogP contribution in [0.3, 0.4) is 0 Å². The van der Waals surface area contributed by atoms with Gasteiger partial charge in [-0.2, -0.15) is 0 Å². The van der Waals surface area contributed by atoms with Crippen LogP contribution in [0.25, 0.3) is 0 Å². The molecule has 2 aromatic carbocycles. The molecular formula is C22H20O3S.